The normalized spacial score (nSPS) is 12.5. The number of nitrogens with one attached hydrogen (secondary N) is 1. The molecule has 0 fully saturated rings. The quantitative estimate of drug-likeness (QED) is 0.295. The Morgan fingerprint density at radius 3 is 2.10 bits per heavy atom. The lowest BCUT2D eigenvalue weighted by molar-refractivity contribution is -0.140. The first-order valence-corrected chi connectivity index (χ1v) is 15.1. The SMILES string of the molecule is Cc1cc(Cl)ccc1N(CC(=O)N(Cc1ccc(Cl)cc1Cl)[C@H](C)C(=O)NC(C)(C)C)S(=O)(=O)c1ccccc1. The summed E-state index contributed by atoms with van der Waals surface area (Å²) in [5.41, 5.74) is 0.847. The largest absolute Gasteiger partial charge is 0.350 e. The fraction of sp³-hybridized carbons (Fsp3) is 0.310. The van der Waals surface area contributed by atoms with Crippen LogP contribution in [-0.4, -0.2) is 43.3 Å². The molecule has 0 radical (unpaired) electrons. The van der Waals surface area contributed by atoms with Crippen molar-refractivity contribution < 1.29 is 18.0 Å². The molecule has 0 unspecified atom stereocenters. The molecule has 1 atom stereocenters. The lowest BCUT2D eigenvalue weighted by atomic mass is 10.1. The van der Waals surface area contributed by atoms with E-state index in [1.54, 1.807) is 68.4 Å². The predicted octanol–water partition coefficient (Wildman–Crippen LogP) is 6.48. The molecule has 0 saturated carbocycles. The van der Waals surface area contributed by atoms with E-state index in [-0.39, 0.29) is 17.1 Å². The highest BCUT2D eigenvalue weighted by Gasteiger charge is 2.34. The van der Waals surface area contributed by atoms with Crippen LogP contribution in [0.4, 0.5) is 5.69 Å². The number of halogens is 3. The van der Waals surface area contributed by atoms with E-state index in [0.717, 1.165) is 4.31 Å². The van der Waals surface area contributed by atoms with Gasteiger partial charge >= 0.3 is 0 Å². The minimum Gasteiger partial charge on any atom is -0.350 e. The summed E-state index contributed by atoms with van der Waals surface area (Å²) in [6.07, 6.45) is 0. The molecular weight excluding hydrogens is 593 g/mol. The molecular formula is C29H32Cl3N3O4S. The van der Waals surface area contributed by atoms with Crippen LogP contribution in [0.2, 0.25) is 15.1 Å². The fourth-order valence-electron chi connectivity index (χ4n) is 4.02. The van der Waals surface area contributed by atoms with Crippen molar-refractivity contribution in [3.05, 3.63) is 92.9 Å². The molecule has 214 valence electrons. The number of aryl methyl sites for hydroxylation is 1. The zero-order valence-corrected chi connectivity index (χ0v) is 26.0. The van der Waals surface area contributed by atoms with Crippen LogP contribution >= 0.6 is 34.8 Å². The summed E-state index contributed by atoms with van der Waals surface area (Å²) < 4.78 is 28.8. The van der Waals surface area contributed by atoms with Gasteiger partial charge in [-0.25, -0.2) is 8.42 Å². The van der Waals surface area contributed by atoms with Crippen molar-refractivity contribution in [1.82, 2.24) is 10.2 Å². The van der Waals surface area contributed by atoms with Gasteiger partial charge in [0.25, 0.3) is 10.0 Å². The molecule has 7 nitrogen and oxygen atoms in total. The Hall–Kier alpha value is -2.78. The third-order valence-corrected chi connectivity index (χ3v) is 8.65. The molecule has 0 heterocycles. The number of rotatable bonds is 9. The molecule has 40 heavy (non-hydrogen) atoms. The molecule has 0 aliphatic rings. The van der Waals surface area contributed by atoms with E-state index < -0.39 is 40.0 Å². The Morgan fingerprint density at radius 1 is 0.925 bits per heavy atom. The van der Waals surface area contributed by atoms with Gasteiger partial charge in [0.15, 0.2) is 0 Å². The topological polar surface area (TPSA) is 86.8 Å². The second kappa shape index (κ2) is 12.8. The Labute approximate surface area is 251 Å². The summed E-state index contributed by atoms with van der Waals surface area (Å²) in [4.78, 5) is 28.5. The molecule has 3 aromatic carbocycles. The highest BCUT2D eigenvalue weighted by atomic mass is 35.5. The first kappa shape index (κ1) is 31.7. The van der Waals surface area contributed by atoms with Crippen LogP contribution in [0.3, 0.4) is 0 Å². The zero-order chi connectivity index (χ0) is 29.8. The van der Waals surface area contributed by atoms with Crippen LogP contribution in [0, 0.1) is 6.92 Å². The van der Waals surface area contributed by atoms with E-state index in [1.807, 2.05) is 20.8 Å². The maximum Gasteiger partial charge on any atom is 0.264 e. The third kappa shape index (κ3) is 7.91. The number of carbonyl (C=O) groups excluding carboxylic acids is 2. The molecule has 2 amide bonds. The van der Waals surface area contributed by atoms with Crippen molar-refractivity contribution in [3.63, 3.8) is 0 Å². The van der Waals surface area contributed by atoms with Gasteiger partial charge in [-0.1, -0.05) is 59.1 Å². The number of amides is 2. The van der Waals surface area contributed by atoms with Gasteiger partial charge in [0.2, 0.25) is 11.8 Å². The molecule has 0 aliphatic heterocycles. The minimum absolute atomic E-state index is 0.0166. The van der Waals surface area contributed by atoms with Crippen LogP contribution in [-0.2, 0) is 26.2 Å². The van der Waals surface area contributed by atoms with Crippen molar-refractivity contribution in [3.8, 4) is 0 Å². The molecule has 0 saturated heterocycles. The average Bonchev–Trinajstić information content (AvgIpc) is 2.86. The van der Waals surface area contributed by atoms with E-state index in [4.69, 9.17) is 34.8 Å². The summed E-state index contributed by atoms with van der Waals surface area (Å²) in [6.45, 7) is 8.17. The standard InChI is InChI=1S/C29H32Cl3N3O4S/c1-19-15-22(30)13-14-26(19)35(40(38,39)24-9-7-6-8-10-24)18-27(36)34(20(2)28(37)33-29(3,4)5)17-21-11-12-23(31)16-25(21)32/h6-16,20H,17-18H2,1-5H3,(H,33,37)/t20-/m1/s1. The Kier molecular flexibility index (Phi) is 10.2. The number of carbonyl (C=O) groups is 2. The summed E-state index contributed by atoms with van der Waals surface area (Å²) >= 11 is 18.6. The van der Waals surface area contributed by atoms with E-state index in [0.29, 0.717) is 26.2 Å². The van der Waals surface area contributed by atoms with E-state index in [2.05, 4.69) is 5.32 Å². The van der Waals surface area contributed by atoms with Crippen molar-refractivity contribution in [2.24, 2.45) is 0 Å². The van der Waals surface area contributed by atoms with E-state index >= 15 is 0 Å². The van der Waals surface area contributed by atoms with Crippen molar-refractivity contribution in [2.75, 3.05) is 10.8 Å². The van der Waals surface area contributed by atoms with Gasteiger partial charge in [-0.15, -0.1) is 0 Å². The van der Waals surface area contributed by atoms with Gasteiger partial charge in [-0.2, -0.15) is 0 Å². The number of anilines is 1. The van der Waals surface area contributed by atoms with Crippen molar-refractivity contribution in [2.45, 2.75) is 57.6 Å². The fourth-order valence-corrected chi connectivity index (χ4v) is 6.22. The van der Waals surface area contributed by atoms with E-state index in [9.17, 15) is 18.0 Å². The maximum absolute atomic E-state index is 14.0. The first-order valence-electron chi connectivity index (χ1n) is 12.5. The number of hydrogen-bond acceptors (Lipinski definition) is 4. The zero-order valence-electron chi connectivity index (χ0n) is 22.9. The predicted molar refractivity (Wildman–Crippen MR) is 162 cm³/mol. The van der Waals surface area contributed by atoms with Gasteiger partial charge in [-0.3, -0.25) is 13.9 Å². The lowest BCUT2D eigenvalue weighted by Gasteiger charge is -2.34. The number of hydrogen-bond donors (Lipinski definition) is 1. The molecule has 0 bridgehead atoms. The number of sulfonamides is 1. The number of benzene rings is 3. The Bertz CT molecular complexity index is 1490. The van der Waals surface area contributed by atoms with Crippen molar-refractivity contribution in [1.29, 1.82) is 0 Å². The van der Waals surface area contributed by atoms with Crippen LogP contribution in [0.25, 0.3) is 0 Å². The summed E-state index contributed by atoms with van der Waals surface area (Å²) in [6, 6.07) is 16.5. The second-order valence-electron chi connectivity index (χ2n) is 10.4. The molecule has 3 rings (SSSR count). The lowest BCUT2D eigenvalue weighted by Crippen LogP contribution is -2.54. The third-order valence-electron chi connectivity index (χ3n) is 6.06. The molecule has 11 heteroatoms. The second-order valence-corrected chi connectivity index (χ2v) is 13.6. The smallest absolute Gasteiger partial charge is 0.264 e. The van der Waals surface area contributed by atoms with Gasteiger partial charge < -0.3 is 10.2 Å². The molecule has 3 aromatic rings. The average molecular weight is 625 g/mol. The first-order chi connectivity index (χ1) is 18.6. The summed E-state index contributed by atoms with van der Waals surface area (Å²) in [7, 11) is -4.18. The van der Waals surface area contributed by atoms with E-state index in [1.165, 1.54) is 17.0 Å². The van der Waals surface area contributed by atoms with Gasteiger partial charge in [-0.05, 0) is 88.2 Å². The Balaban J connectivity index is 2.08. The van der Waals surface area contributed by atoms with Crippen molar-refractivity contribution >= 4 is 62.3 Å². The highest BCUT2D eigenvalue weighted by molar-refractivity contribution is 7.92. The van der Waals surface area contributed by atoms with Gasteiger partial charge in [0, 0.05) is 27.2 Å². The monoisotopic (exact) mass is 623 g/mol. The summed E-state index contributed by atoms with van der Waals surface area (Å²) in [5, 5.41) is 4.05. The van der Waals surface area contributed by atoms with Gasteiger partial charge in [0.05, 0.1) is 10.6 Å². The van der Waals surface area contributed by atoms with Crippen LogP contribution < -0.4 is 9.62 Å². The number of nitrogens with zero attached hydrogens (tertiary/aromatic N) is 2. The molecule has 0 spiro atoms. The molecule has 0 aromatic heterocycles. The molecule has 1 N–H and O–H groups in total. The van der Waals surface area contributed by atoms with Crippen LogP contribution in [0.5, 0.6) is 0 Å². The minimum atomic E-state index is -4.18. The highest BCUT2D eigenvalue weighted by Crippen LogP contribution is 2.30. The summed E-state index contributed by atoms with van der Waals surface area (Å²) in [5.74, 6) is -0.998. The van der Waals surface area contributed by atoms with Gasteiger partial charge in [0.1, 0.15) is 12.6 Å². The molecule has 0 aliphatic carbocycles. The van der Waals surface area contributed by atoms with Crippen LogP contribution in [0.1, 0.15) is 38.8 Å². The Morgan fingerprint density at radius 2 is 1.52 bits per heavy atom. The van der Waals surface area contributed by atoms with Crippen LogP contribution in [0.15, 0.2) is 71.6 Å². The maximum atomic E-state index is 14.0.